The van der Waals surface area contributed by atoms with Crippen molar-refractivity contribution in [2.75, 3.05) is 25.4 Å². The molecule has 0 aromatic carbocycles. The second-order valence-electron chi connectivity index (χ2n) is 3.46. The summed E-state index contributed by atoms with van der Waals surface area (Å²) in [6.45, 7) is 1.45. The molecule has 0 spiro atoms. The van der Waals surface area contributed by atoms with E-state index in [4.69, 9.17) is 10.8 Å². The van der Waals surface area contributed by atoms with Crippen molar-refractivity contribution in [1.82, 2.24) is 4.90 Å². The zero-order chi connectivity index (χ0) is 10.1. The number of carbonyl (C=O) groups is 1. The maximum Gasteiger partial charge on any atom is 0.266 e. The second-order valence-corrected chi connectivity index (χ2v) is 4.38. The summed E-state index contributed by atoms with van der Waals surface area (Å²) in [5.41, 5.74) is 6.19. The number of amides is 1. The van der Waals surface area contributed by atoms with Crippen LogP contribution in [0, 0.1) is 5.92 Å². The number of likely N-dealkylation sites (tertiary alicyclic amines) is 1. The Morgan fingerprint density at radius 1 is 1.71 bits per heavy atom. The van der Waals surface area contributed by atoms with Gasteiger partial charge in [0.2, 0.25) is 0 Å². The minimum Gasteiger partial charge on any atom is -0.397 e. The van der Waals surface area contributed by atoms with E-state index in [1.807, 2.05) is 5.38 Å². The largest absolute Gasteiger partial charge is 0.397 e. The van der Waals surface area contributed by atoms with E-state index in [-0.39, 0.29) is 18.4 Å². The zero-order valence-corrected chi connectivity index (χ0v) is 8.46. The molecule has 1 aromatic heterocycles. The molecule has 76 valence electrons. The standard InChI is InChI=1S/C9H12N2O2S/c10-7-1-2-14-8(7)9(13)11-3-6(4-11)5-12/h1-2,6,12H,3-5,10H2. The molecule has 4 nitrogen and oxygen atoms in total. The maximum atomic E-state index is 11.7. The minimum atomic E-state index is -0.0119. The van der Waals surface area contributed by atoms with Crippen LogP contribution in [0.5, 0.6) is 0 Å². The highest BCUT2D eigenvalue weighted by Crippen LogP contribution is 2.24. The van der Waals surface area contributed by atoms with E-state index in [1.54, 1.807) is 11.0 Å². The van der Waals surface area contributed by atoms with Gasteiger partial charge in [0.25, 0.3) is 5.91 Å². The van der Waals surface area contributed by atoms with Gasteiger partial charge in [-0.25, -0.2) is 0 Å². The first-order chi connectivity index (χ1) is 6.72. The van der Waals surface area contributed by atoms with Gasteiger partial charge in [-0.15, -0.1) is 11.3 Å². The van der Waals surface area contributed by atoms with Gasteiger partial charge in [-0.05, 0) is 11.4 Å². The average molecular weight is 212 g/mol. The Balaban J connectivity index is 2.01. The number of nitrogens with two attached hydrogens (primary N) is 1. The highest BCUT2D eigenvalue weighted by atomic mass is 32.1. The molecule has 14 heavy (non-hydrogen) atoms. The van der Waals surface area contributed by atoms with Crippen molar-refractivity contribution in [3.05, 3.63) is 16.3 Å². The number of hydrogen-bond donors (Lipinski definition) is 2. The minimum absolute atomic E-state index is 0.0119. The lowest BCUT2D eigenvalue weighted by Crippen LogP contribution is -2.51. The van der Waals surface area contributed by atoms with E-state index in [0.717, 1.165) is 0 Å². The van der Waals surface area contributed by atoms with Crippen LogP contribution in [0.25, 0.3) is 0 Å². The predicted molar refractivity (Wildman–Crippen MR) is 55.2 cm³/mol. The van der Waals surface area contributed by atoms with Crippen LogP contribution in [0.2, 0.25) is 0 Å². The molecule has 0 bridgehead atoms. The van der Waals surface area contributed by atoms with E-state index in [1.165, 1.54) is 11.3 Å². The molecule has 3 N–H and O–H groups in total. The SMILES string of the molecule is Nc1ccsc1C(=O)N1CC(CO)C1. The molecule has 1 saturated heterocycles. The molecule has 1 amide bonds. The van der Waals surface area contributed by atoms with Crippen molar-refractivity contribution < 1.29 is 9.90 Å². The van der Waals surface area contributed by atoms with Crippen LogP contribution in [0.15, 0.2) is 11.4 Å². The van der Waals surface area contributed by atoms with E-state index in [0.29, 0.717) is 23.7 Å². The van der Waals surface area contributed by atoms with Gasteiger partial charge in [0.15, 0.2) is 0 Å². The number of anilines is 1. The van der Waals surface area contributed by atoms with Crippen molar-refractivity contribution in [2.45, 2.75) is 0 Å². The van der Waals surface area contributed by atoms with Gasteiger partial charge < -0.3 is 15.7 Å². The number of rotatable bonds is 2. The highest BCUT2D eigenvalue weighted by Gasteiger charge is 2.31. The number of aliphatic hydroxyl groups is 1. The summed E-state index contributed by atoms with van der Waals surface area (Å²) in [5.74, 6) is 0.238. The topological polar surface area (TPSA) is 66.6 Å². The smallest absolute Gasteiger partial charge is 0.266 e. The van der Waals surface area contributed by atoms with Crippen LogP contribution in [0.3, 0.4) is 0 Å². The normalized spacial score (nSPS) is 16.8. The van der Waals surface area contributed by atoms with Gasteiger partial charge in [-0.1, -0.05) is 0 Å². The Bertz CT molecular complexity index is 344. The number of carbonyl (C=O) groups excluding carboxylic acids is 1. The van der Waals surface area contributed by atoms with Crippen molar-refractivity contribution in [3.8, 4) is 0 Å². The van der Waals surface area contributed by atoms with Crippen molar-refractivity contribution in [2.24, 2.45) is 5.92 Å². The predicted octanol–water partition coefficient (Wildman–Crippen LogP) is 0.395. The lowest BCUT2D eigenvalue weighted by Gasteiger charge is -2.38. The van der Waals surface area contributed by atoms with Gasteiger partial charge in [-0.3, -0.25) is 4.79 Å². The van der Waals surface area contributed by atoms with Gasteiger partial charge >= 0.3 is 0 Å². The van der Waals surface area contributed by atoms with Crippen molar-refractivity contribution >= 4 is 22.9 Å². The fourth-order valence-electron chi connectivity index (χ4n) is 1.49. The molecule has 1 aliphatic heterocycles. The number of aliphatic hydroxyl groups excluding tert-OH is 1. The summed E-state index contributed by atoms with van der Waals surface area (Å²) in [7, 11) is 0. The number of nitrogens with zero attached hydrogens (tertiary/aromatic N) is 1. The molecule has 5 heteroatoms. The van der Waals surface area contributed by atoms with Crippen LogP contribution < -0.4 is 5.73 Å². The lowest BCUT2D eigenvalue weighted by atomic mass is 10.0. The molecular formula is C9H12N2O2S. The van der Waals surface area contributed by atoms with E-state index >= 15 is 0 Å². The number of thiophene rings is 1. The second kappa shape index (κ2) is 3.59. The van der Waals surface area contributed by atoms with Crippen molar-refractivity contribution in [3.63, 3.8) is 0 Å². The fourth-order valence-corrected chi connectivity index (χ4v) is 2.27. The first-order valence-corrected chi connectivity index (χ1v) is 5.33. The van der Waals surface area contributed by atoms with Gasteiger partial charge in [0.1, 0.15) is 4.88 Å². The molecule has 2 rings (SSSR count). The first kappa shape index (κ1) is 9.48. The Morgan fingerprint density at radius 3 is 2.93 bits per heavy atom. The Morgan fingerprint density at radius 2 is 2.43 bits per heavy atom. The third-order valence-electron chi connectivity index (χ3n) is 2.39. The summed E-state index contributed by atoms with van der Waals surface area (Å²) >= 11 is 1.37. The van der Waals surface area contributed by atoms with Crippen LogP contribution in [-0.2, 0) is 0 Å². The van der Waals surface area contributed by atoms with Gasteiger partial charge in [0, 0.05) is 25.6 Å². The molecule has 0 aliphatic carbocycles. The van der Waals surface area contributed by atoms with Crippen LogP contribution in [0.1, 0.15) is 9.67 Å². The molecule has 0 atom stereocenters. The Hall–Kier alpha value is -1.07. The monoisotopic (exact) mass is 212 g/mol. The Kier molecular flexibility index (Phi) is 2.43. The Labute approximate surface area is 85.9 Å². The molecule has 1 fully saturated rings. The maximum absolute atomic E-state index is 11.7. The summed E-state index contributed by atoms with van der Waals surface area (Å²) in [6.07, 6.45) is 0. The van der Waals surface area contributed by atoms with Gasteiger partial charge in [0.05, 0.1) is 5.69 Å². The van der Waals surface area contributed by atoms with Crippen molar-refractivity contribution in [1.29, 1.82) is 0 Å². The fraction of sp³-hybridized carbons (Fsp3) is 0.444. The van der Waals surface area contributed by atoms with E-state index < -0.39 is 0 Å². The molecule has 0 radical (unpaired) electrons. The van der Waals surface area contributed by atoms with E-state index in [9.17, 15) is 4.79 Å². The average Bonchev–Trinajstić information content (AvgIpc) is 2.49. The third-order valence-corrected chi connectivity index (χ3v) is 3.31. The quantitative estimate of drug-likeness (QED) is 0.745. The molecule has 0 unspecified atom stereocenters. The number of hydrogen-bond acceptors (Lipinski definition) is 4. The summed E-state index contributed by atoms with van der Waals surface area (Å²) in [6, 6.07) is 1.74. The van der Waals surface area contributed by atoms with Crippen LogP contribution in [-0.4, -0.2) is 35.6 Å². The van der Waals surface area contributed by atoms with Crippen LogP contribution >= 0.6 is 11.3 Å². The summed E-state index contributed by atoms with van der Waals surface area (Å²) in [4.78, 5) is 14.1. The molecule has 1 aliphatic rings. The molecule has 0 saturated carbocycles. The van der Waals surface area contributed by atoms with Gasteiger partial charge in [-0.2, -0.15) is 0 Å². The lowest BCUT2D eigenvalue weighted by molar-refractivity contribution is 0.0367. The summed E-state index contributed by atoms with van der Waals surface area (Å²) in [5, 5.41) is 10.6. The first-order valence-electron chi connectivity index (χ1n) is 4.45. The highest BCUT2D eigenvalue weighted by molar-refractivity contribution is 7.12. The molecular weight excluding hydrogens is 200 g/mol. The molecule has 2 heterocycles. The zero-order valence-electron chi connectivity index (χ0n) is 7.64. The van der Waals surface area contributed by atoms with Crippen LogP contribution in [0.4, 0.5) is 5.69 Å². The summed E-state index contributed by atoms with van der Waals surface area (Å²) < 4.78 is 0. The molecule has 1 aromatic rings. The third kappa shape index (κ3) is 1.49. The number of nitrogen functional groups attached to an aromatic ring is 1. The van der Waals surface area contributed by atoms with E-state index in [2.05, 4.69) is 0 Å².